The lowest BCUT2D eigenvalue weighted by Gasteiger charge is -2.19. The van der Waals surface area contributed by atoms with Crippen LogP contribution in [0.1, 0.15) is 32.3 Å². The van der Waals surface area contributed by atoms with Crippen LogP contribution in [0.2, 0.25) is 0 Å². The SMILES string of the molecule is CC(C)[C@H](N)C(=O)NCC(=O)NC1(c2ccccc2)CC1. The zero-order chi connectivity index (χ0) is 15.5. The standard InChI is InChI=1S/C16H23N3O2/c1-11(2)14(17)15(21)18-10-13(20)19-16(8-9-16)12-6-4-3-5-7-12/h3-7,11,14H,8-10,17H2,1-2H3,(H,18,21)(H,19,20)/t14-/m0/s1. The molecule has 0 saturated heterocycles. The van der Waals surface area contributed by atoms with Crippen molar-refractivity contribution in [2.24, 2.45) is 11.7 Å². The van der Waals surface area contributed by atoms with Gasteiger partial charge in [0.1, 0.15) is 0 Å². The summed E-state index contributed by atoms with van der Waals surface area (Å²) in [5.74, 6) is -0.419. The molecule has 1 aromatic rings. The van der Waals surface area contributed by atoms with Crippen LogP contribution in [0.15, 0.2) is 30.3 Å². The molecule has 0 spiro atoms. The summed E-state index contributed by atoms with van der Waals surface area (Å²) in [6, 6.07) is 9.33. The van der Waals surface area contributed by atoms with Crippen LogP contribution in [0, 0.1) is 5.92 Å². The maximum atomic E-state index is 12.0. The van der Waals surface area contributed by atoms with Crippen LogP contribution in [0.25, 0.3) is 0 Å². The smallest absolute Gasteiger partial charge is 0.240 e. The molecule has 1 saturated carbocycles. The molecule has 5 heteroatoms. The summed E-state index contributed by atoms with van der Waals surface area (Å²) >= 11 is 0. The van der Waals surface area contributed by atoms with E-state index in [0.29, 0.717) is 0 Å². The molecule has 21 heavy (non-hydrogen) atoms. The fourth-order valence-electron chi connectivity index (χ4n) is 2.27. The summed E-state index contributed by atoms with van der Waals surface area (Å²) < 4.78 is 0. The van der Waals surface area contributed by atoms with Gasteiger partial charge in [0.25, 0.3) is 0 Å². The molecular formula is C16H23N3O2. The van der Waals surface area contributed by atoms with Gasteiger partial charge in [-0.25, -0.2) is 0 Å². The normalized spacial score (nSPS) is 17.1. The number of nitrogens with two attached hydrogens (primary N) is 1. The molecule has 0 aliphatic heterocycles. The third-order valence-electron chi connectivity index (χ3n) is 3.90. The Kier molecular flexibility index (Phi) is 4.63. The van der Waals surface area contributed by atoms with Gasteiger partial charge in [-0.3, -0.25) is 9.59 Å². The van der Waals surface area contributed by atoms with Crippen molar-refractivity contribution < 1.29 is 9.59 Å². The van der Waals surface area contributed by atoms with Crippen LogP contribution < -0.4 is 16.4 Å². The minimum Gasteiger partial charge on any atom is -0.346 e. The Labute approximate surface area is 125 Å². The van der Waals surface area contributed by atoms with E-state index >= 15 is 0 Å². The zero-order valence-electron chi connectivity index (χ0n) is 12.6. The fourth-order valence-corrected chi connectivity index (χ4v) is 2.27. The van der Waals surface area contributed by atoms with Gasteiger partial charge in [0.2, 0.25) is 11.8 Å². The van der Waals surface area contributed by atoms with Gasteiger partial charge >= 0.3 is 0 Å². The second kappa shape index (κ2) is 6.26. The molecule has 0 heterocycles. The molecule has 114 valence electrons. The summed E-state index contributed by atoms with van der Waals surface area (Å²) in [7, 11) is 0. The van der Waals surface area contributed by atoms with Crippen molar-refractivity contribution in [2.45, 2.75) is 38.3 Å². The Hall–Kier alpha value is -1.88. The lowest BCUT2D eigenvalue weighted by Crippen LogP contribution is -2.48. The molecule has 1 aliphatic rings. The maximum Gasteiger partial charge on any atom is 0.240 e. The quantitative estimate of drug-likeness (QED) is 0.727. The molecule has 0 bridgehead atoms. The van der Waals surface area contributed by atoms with Crippen LogP contribution in [-0.2, 0) is 15.1 Å². The molecule has 2 amide bonds. The van der Waals surface area contributed by atoms with Crippen molar-refractivity contribution in [3.05, 3.63) is 35.9 Å². The highest BCUT2D eigenvalue weighted by molar-refractivity contribution is 5.87. The van der Waals surface area contributed by atoms with Crippen LogP contribution in [0.4, 0.5) is 0 Å². The first kappa shape index (κ1) is 15.5. The second-order valence-corrected chi connectivity index (χ2v) is 5.98. The molecule has 1 aliphatic carbocycles. The first-order valence-corrected chi connectivity index (χ1v) is 7.34. The number of hydrogen-bond acceptors (Lipinski definition) is 3. The Balaban J connectivity index is 1.84. The monoisotopic (exact) mass is 289 g/mol. The lowest BCUT2D eigenvalue weighted by molar-refractivity contribution is -0.127. The average Bonchev–Trinajstić information content (AvgIpc) is 3.25. The summed E-state index contributed by atoms with van der Waals surface area (Å²) in [5, 5.41) is 5.60. The number of rotatable bonds is 6. The number of nitrogens with one attached hydrogen (secondary N) is 2. The summed E-state index contributed by atoms with van der Waals surface area (Å²) in [4.78, 5) is 23.7. The highest BCUT2D eigenvalue weighted by atomic mass is 16.2. The van der Waals surface area contributed by atoms with Crippen molar-refractivity contribution >= 4 is 11.8 Å². The molecule has 1 fully saturated rings. The van der Waals surface area contributed by atoms with Crippen molar-refractivity contribution in [3.63, 3.8) is 0 Å². The summed E-state index contributed by atoms with van der Waals surface area (Å²) in [6.07, 6.45) is 1.87. The topological polar surface area (TPSA) is 84.2 Å². The van der Waals surface area contributed by atoms with Gasteiger partial charge in [-0.1, -0.05) is 44.2 Å². The molecule has 4 N–H and O–H groups in total. The van der Waals surface area contributed by atoms with Gasteiger partial charge in [0, 0.05) is 0 Å². The first-order chi connectivity index (χ1) is 9.94. The van der Waals surface area contributed by atoms with Crippen LogP contribution in [0.3, 0.4) is 0 Å². The van der Waals surface area contributed by atoms with Crippen LogP contribution in [0.5, 0.6) is 0 Å². The van der Waals surface area contributed by atoms with E-state index in [-0.39, 0.29) is 29.8 Å². The van der Waals surface area contributed by atoms with Gasteiger partial charge in [-0.05, 0) is 24.3 Å². The molecular weight excluding hydrogens is 266 g/mol. The number of amides is 2. The Morgan fingerprint density at radius 1 is 1.24 bits per heavy atom. The van der Waals surface area contributed by atoms with E-state index in [0.717, 1.165) is 18.4 Å². The highest BCUT2D eigenvalue weighted by Gasteiger charge is 2.45. The molecule has 0 unspecified atom stereocenters. The van der Waals surface area contributed by atoms with Gasteiger partial charge in [0.15, 0.2) is 0 Å². The minimum atomic E-state index is -0.582. The van der Waals surface area contributed by atoms with Crippen LogP contribution >= 0.6 is 0 Å². The molecule has 1 atom stereocenters. The fraction of sp³-hybridized carbons (Fsp3) is 0.500. The van der Waals surface area contributed by atoms with Crippen molar-refractivity contribution in [1.82, 2.24) is 10.6 Å². The van der Waals surface area contributed by atoms with E-state index in [1.54, 1.807) is 0 Å². The van der Waals surface area contributed by atoms with Crippen molar-refractivity contribution in [2.75, 3.05) is 6.54 Å². The Bertz CT molecular complexity index is 510. The third kappa shape index (κ3) is 3.82. The predicted octanol–water partition coefficient (Wildman–Crippen LogP) is 0.891. The van der Waals surface area contributed by atoms with E-state index in [1.165, 1.54) is 0 Å². The van der Waals surface area contributed by atoms with Gasteiger partial charge in [-0.2, -0.15) is 0 Å². The molecule has 5 nitrogen and oxygen atoms in total. The van der Waals surface area contributed by atoms with Gasteiger partial charge in [-0.15, -0.1) is 0 Å². The Morgan fingerprint density at radius 2 is 1.86 bits per heavy atom. The van der Waals surface area contributed by atoms with E-state index in [2.05, 4.69) is 10.6 Å². The largest absolute Gasteiger partial charge is 0.346 e. The van der Waals surface area contributed by atoms with E-state index in [4.69, 9.17) is 5.73 Å². The van der Waals surface area contributed by atoms with E-state index in [9.17, 15) is 9.59 Å². The number of carbonyl (C=O) groups is 2. The van der Waals surface area contributed by atoms with E-state index in [1.807, 2.05) is 44.2 Å². The average molecular weight is 289 g/mol. The molecule has 0 aromatic heterocycles. The zero-order valence-corrected chi connectivity index (χ0v) is 12.6. The summed E-state index contributed by atoms with van der Waals surface area (Å²) in [5.41, 5.74) is 6.60. The minimum absolute atomic E-state index is 0.0339. The predicted molar refractivity (Wildman–Crippen MR) is 81.3 cm³/mol. The van der Waals surface area contributed by atoms with Crippen molar-refractivity contribution in [1.29, 1.82) is 0 Å². The summed E-state index contributed by atoms with van der Waals surface area (Å²) in [6.45, 7) is 3.71. The third-order valence-corrected chi connectivity index (χ3v) is 3.90. The molecule has 2 rings (SSSR count). The number of benzene rings is 1. The molecule has 1 aromatic carbocycles. The van der Waals surface area contributed by atoms with Gasteiger partial charge in [0.05, 0.1) is 18.1 Å². The van der Waals surface area contributed by atoms with Crippen molar-refractivity contribution in [3.8, 4) is 0 Å². The van der Waals surface area contributed by atoms with Crippen LogP contribution in [-0.4, -0.2) is 24.4 Å². The molecule has 0 radical (unpaired) electrons. The first-order valence-electron chi connectivity index (χ1n) is 7.34. The lowest BCUT2D eigenvalue weighted by atomic mass is 10.0. The van der Waals surface area contributed by atoms with Gasteiger partial charge < -0.3 is 16.4 Å². The number of hydrogen-bond donors (Lipinski definition) is 3. The number of carbonyl (C=O) groups excluding carboxylic acids is 2. The highest BCUT2D eigenvalue weighted by Crippen LogP contribution is 2.45. The maximum absolute atomic E-state index is 12.0. The van der Waals surface area contributed by atoms with E-state index < -0.39 is 6.04 Å². The second-order valence-electron chi connectivity index (χ2n) is 5.98. The Morgan fingerprint density at radius 3 is 2.38 bits per heavy atom.